The summed E-state index contributed by atoms with van der Waals surface area (Å²) < 4.78 is 0. The van der Waals surface area contributed by atoms with Gasteiger partial charge in [0.15, 0.2) is 0 Å². The van der Waals surface area contributed by atoms with Gasteiger partial charge in [0.1, 0.15) is 0 Å². The Hall–Kier alpha value is -1.99. The Balaban J connectivity index is 0.0000125. The molecule has 0 N–H and O–H groups in total. The van der Waals surface area contributed by atoms with Crippen molar-refractivity contribution in [3.8, 4) is 0 Å². The molecule has 284 valence electrons. The fraction of sp³-hybridized carbons (Fsp3) is 0.660. The molecule has 0 aliphatic carbocycles. The van der Waals surface area contributed by atoms with E-state index in [1.54, 1.807) is 0 Å². The fourth-order valence-electron chi connectivity index (χ4n) is 6.70. The molecule has 0 aromatic heterocycles. The van der Waals surface area contributed by atoms with Crippen LogP contribution in [0.2, 0.25) is 0 Å². The molecule has 0 saturated heterocycles. The summed E-state index contributed by atoms with van der Waals surface area (Å²) in [7, 11) is 0. The Morgan fingerprint density at radius 3 is 1.16 bits per heavy atom. The van der Waals surface area contributed by atoms with Gasteiger partial charge in [-0.25, -0.2) is 4.99 Å². The monoisotopic (exact) mass is 727 g/mol. The summed E-state index contributed by atoms with van der Waals surface area (Å²) in [6, 6.07) is 20.7. The first-order chi connectivity index (χ1) is 24.3. The molecule has 0 spiro atoms. The third kappa shape index (κ3) is 26.8. The molecule has 2 aromatic carbocycles. The molecule has 0 heterocycles. The zero-order valence-corrected chi connectivity index (χ0v) is 33.6. The molecule has 0 bridgehead atoms. The van der Waals surface area contributed by atoms with Crippen molar-refractivity contribution < 1.29 is 16.5 Å². The minimum atomic E-state index is 0. The number of unbranched alkanes of at least 4 members (excludes halogenated alkanes) is 26. The van der Waals surface area contributed by atoms with Crippen molar-refractivity contribution >= 4 is 22.8 Å². The maximum atomic E-state index is 5.08. The number of aliphatic imine (C=N–C) groups is 2. The molecule has 2 aromatic rings. The van der Waals surface area contributed by atoms with Crippen LogP contribution in [0.15, 0.2) is 82.8 Å². The average molecular weight is 728 g/mol. The summed E-state index contributed by atoms with van der Waals surface area (Å²) in [4.78, 5) is 10.1. The molecular weight excluding hydrogens is 651 g/mol. The summed E-state index contributed by atoms with van der Waals surface area (Å²) in [5.41, 5.74) is 4.11. The molecule has 3 heteroatoms. The number of hydrogen-bond acceptors (Lipinski definition) is 2. The van der Waals surface area contributed by atoms with E-state index in [1.807, 2.05) is 0 Å². The zero-order valence-electron chi connectivity index (χ0n) is 32.6. The van der Waals surface area contributed by atoms with Gasteiger partial charge in [0.25, 0.3) is 0 Å². The predicted molar refractivity (Wildman–Crippen MR) is 221 cm³/mol. The van der Waals surface area contributed by atoms with Crippen LogP contribution < -0.4 is 0 Å². The van der Waals surface area contributed by atoms with Gasteiger partial charge in [0.2, 0.25) is 0 Å². The van der Waals surface area contributed by atoms with Gasteiger partial charge >= 0.3 is 0 Å². The average Bonchev–Trinajstić information content (AvgIpc) is 3.13. The molecule has 0 atom stereocenters. The second kappa shape index (κ2) is 35.4. The summed E-state index contributed by atoms with van der Waals surface area (Å²) in [5, 5.41) is 0. The van der Waals surface area contributed by atoms with E-state index < -0.39 is 0 Å². The van der Waals surface area contributed by atoms with Crippen molar-refractivity contribution in [1.82, 2.24) is 0 Å². The number of nitrogens with zero attached hydrogens (tertiary/aromatic N) is 2. The number of allylic oxidation sites excluding steroid dienone is 2. The molecule has 0 fully saturated rings. The standard InChI is InChI=1S/C47H76N2.Ni/c1-3-5-7-8-9-10-11-12-13-14-15-16-17-18-19-20-21-22-23-24-25-26-27-28-29-37-43-47(49-45-40-35-31-36-41-45)46(42-32-6-4-2)48-44-38-33-30-34-39-44;/h30-31,33-41,43H,3-29,32,42H2,1-2H3;/b43-37+,48-46?,49-47?;. The van der Waals surface area contributed by atoms with Gasteiger partial charge < -0.3 is 0 Å². The van der Waals surface area contributed by atoms with Crippen molar-refractivity contribution in [2.75, 3.05) is 0 Å². The van der Waals surface area contributed by atoms with E-state index in [4.69, 9.17) is 9.98 Å². The van der Waals surface area contributed by atoms with E-state index in [2.05, 4.69) is 86.7 Å². The maximum absolute atomic E-state index is 5.08. The summed E-state index contributed by atoms with van der Waals surface area (Å²) >= 11 is 0. The Kier molecular flexibility index (Phi) is 32.6. The van der Waals surface area contributed by atoms with E-state index in [1.165, 1.54) is 167 Å². The van der Waals surface area contributed by atoms with Crippen LogP contribution in [0.1, 0.15) is 200 Å². The van der Waals surface area contributed by atoms with Crippen LogP contribution in [0.4, 0.5) is 11.4 Å². The summed E-state index contributed by atoms with van der Waals surface area (Å²) in [6.07, 6.45) is 44.7. The molecular formula is C47H76N2Ni. The molecule has 0 aliphatic heterocycles. The largest absolute Gasteiger partial charge is 0.251 e. The van der Waals surface area contributed by atoms with Gasteiger partial charge in [-0.1, -0.05) is 217 Å². The molecule has 0 aliphatic rings. The van der Waals surface area contributed by atoms with E-state index >= 15 is 0 Å². The molecule has 0 saturated carbocycles. The first-order valence-corrected chi connectivity index (χ1v) is 21.3. The van der Waals surface area contributed by atoms with Crippen molar-refractivity contribution in [3.63, 3.8) is 0 Å². The minimum absolute atomic E-state index is 0. The van der Waals surface area contributed by atoms with Crippen molar-refractivity contribution in [2.45, 2.75) is 200 Å². The second-order valence-corrected chi connectivity index (χ2v) is 14.5. The molecule has 0 unspecified atom stereocenters. The van der Waals surface area contributed by atoms with E-state index in [-0.39, 0.29) is 16.5 Å². The third-order valence-corrected chi connectivity index (χ3v) is 9.84. The smallest absolute Gasteiger partial charge is 0.0848 e. The molecule has 2 nitrogen and oxygen atoms in total. The van der Waals surface area contributed by atoms with Crippen LogP contribution in [0, 0.1) is 0 Å². The topological polar surface area (TPSA) is 24.7 Å². The summed E-state index contributed by atoms with van der Waals surface area (Å²) in [5.74, 6) is 0. The summed E-state index contributed by atoms with van der Waals surface area (Å²) in [6.45, 7) is 4.56. The van der Waals surface area contributed by atoms with Gasteiger partial charge in [-0.3, -0.25) is 4.99 Å². The van der Waals surface area contributed by atoms with Crippen molar-refractivity contribution in [2.24, 2.45) is 9.98 Å². The van der Waals surface area contributed by atoms with Gasteiger partial charge in [-0.05, 0) is 56.0 Å². The first-order valence-electron chi connectivity index (χ1n) is 21.3. The number of para-hydroxylation sites is 2. The third-order valence-electron chi connectivity index (χ3n) is 9.84. The minimum Gasteiger partial charge on any atom is -0.251 e. The molecule has 0 radical (unpaired) electrons. The van der Waals surface area contributed by atoms with Crippen LogP contribution in [-0.4, -0.2) is 11.4 Å². The number of rotatable bonds is 33. The second-order valence-electron chi connectivity index (χ2n) is 14.5. The molecule has 50 heavy (non-hydrogen) atoms. The van der Waals surface area contributed by atoms with Crippen LogP contribution >= 0.6 is 0 Å². The van der Waals surface area contributed by atoms with Crippen LogP contribution in [0.3, 0.4) is 0 Å². The molecule has 2 rings (SSSR count). The van der Waals surface area contributed by atoms with Crippen LogP contribution in [-0.2, 0) is 16.5 Å². The first kappa shape index (κ1) is 46.0. The Labute approximate surface area is 320 Å². The van der Waals surface area contributed by atoms with Crippen LogP contribution in [0.25, 0.3) is 0 Å². The van der Waals surface area contributed by atoms with E-state index in [0.717, 1.165) is 42.1 Å². The van der Waals surface area contributed by atoms with Gasteiger partial charge in [-0.2, -0.15) is 0 Å². The number of hydrogen-bond donors (Lipinski definition) is 0. The molecule has 0 amide bonds. The van der Waals surface area contributed by atoms with Gasteiger partial charge in [-0.15, -0.1) is 0 Å². The van der Waals surface area contributed by atoms with Gasteiger partial charge in [0.05, 0.1) is 22.8 Å². The quantitative estimate of drug-likeness (QED) is 0.0397. The van der Waals surface area contributed by atoms with E-state index in [0.29, 0.717) is 0 Å². The Morgan fingerprint density at radius 1 is 0.420 bits per heavy atom. The Morgan fingerprint density at radius 2 is 0.760 bits per heavy atom. The maximum Gasteiger partial charge on any atom is 0.0848 e. The fourth-order valence-corrected chi connectivity index (χ4v) is 6.70. The predicted octanol–water partition coefficient (Wildman–Crippen LogP) is 16.4. The van der Waals surface area contributed by atoms with Crippen molar-refractivity contribution in [1.29, 1.82) is 0 Å². The van der Waals surface area contributed by atoms with E-state index in [9.17, 15) is 0 Å². The van der Waals surface area contributed by atoms with Crippen molar-refractivity contribution in [3.05, 3.63) is 72.8 Å². The van der Waals surface area contributed by atoms with Crippen LogP contribution in [0.5, 0.6) is 0 Å². The van der Waals surface area contributed by atoms with Gasteiger partial charge in [0, 0.05) is 16.5 Å². The zero-order chi connectivity index (χ0) is 34.7. The Bertz CT molecular complexity index is 1070. The number of benzene rings is 2. The SMILES string of the molecule is CCCCCCCCCCCCCCCCCCCCCCCCCC/C=C/C(=Nc1ccccc1)C(CCCCC)=Nc1ccccc1.[Ni]. The normalized spacial score (nSPS) is 12.1.